The monoisotopic (exact) mass is 493 g/mol. The summed E-state index contributed by atoms with van der Waals surface area (Å²) in [4.78, 5) is 0. The molecule has 2 heterocycles. The van der Waals surface area contributed by atoms with Crippen molar-refractivity contribution >= 4 is 55.6 Å². The van der Waals surface area contributed by atoms with E-state index in [2.05, 4.69) is 66.1 Å². The summed E-state index contributed by atoms with van der Waals surface area (Å²) in [5.74, 6) is 0. The molecule has 0 saturated heterocycles. The number of benzene rings is 3. The summed E-state index contributed by atoms with van der Waals surface area (Å²) in [5, 5.41) is 8.93. The van der Waals surface area contributed by atoms with Crippen LogP contribution in [0.15, 0.2) is 76.2 Å². The molecule has 3 aromatic carbocycles. The standard InChI is InChI=1S/C25H24N3O.CH4O4S/c1-25(2)20-10-6-7-11-21(20)27(3)24(25)16-26-28(4)17-13-14-23-19(15-17)18-9-5-8-12-22(18)29-23;1-5-6(2,3)4/h5-16H,1-4H3;1H3,(H,2,3,4)/q+1;/p-1. The van der Waals surface area contributed by atoms with Crippen molar-refractivity contribution in [1.29, 1.82) is 0 Å². The minimum atomic E-state index is -4.41. The van der Waals surface area contributed by atoms with E-state index in [-0.39, 0.29) is 5.41 Å². The Morgan fingerprint density at radius 2 is 1.66 bits per heavy atom. The zero-order valence-corrected chi connectivity index (χ0v) is 21.0. The van der Waals surface area contributed by atoms with Gasteiger partial charge in [0, 0.05) is 29.4 Å². The van der Waals surface area contributed by atoms with Gasteiger partial charge in [0.1, 0.15) is 24.4 Å². The summed E-state index contributed by atoms with van der Waals surface area (Å²) in [6.45, 7) is 4.50. The fraction of sp³-hybridized carbons (Fsp3) is 0.231. The largest absolute Gasteiger partial charge is 0.726 e. The molecule has 1 aliphatic heterocycles. The molecule has 0 unspecified atom stereocenters. The van der Waals surface area contributed by atoms with Gasteiger partial charge in [0.05, 0.1) is 18.2 Å². The number of hydrogen-bond donors (Lipinski definition) is 0. The van der Waals surface area contributed by atoms with Gasteiger partial charge in [0.2, 0.25) is 21.8 Å². The van der Waals surface area contributed by atoms with Crippen molar-refractivity contribution in [2.45, 2.75) is 19.3 Å². The Hall–Kier alpha value is -3.53. The first kappa shape index (κ1) is 24.6. The topological polar surface area (TPSA) is 98.2 Å². The van der Waals surface area contributed by atoms with Gasteiger partial charge in [-0.2, -0.15) is 9.68 Å². The Bertz CT molecular complexity index is 1570. The van der Waals surface area contributed by atoms with Crippen LogP contribution in [-0.2, 0) is 20.0 Å². The molecule has 0 bridgehead atoms. The third kappa shape index (κ3) is 4.84. The van der Waals surface area contributed by atoms with Crippen molar-refractivity contribution in [3.63, 3.8) is 0 Å². The van der Waals surface area contributed by atoms with Gasteiger partial charge in [-0.15, -0.1) is 0 Å². The van der Waals surface area contributed by atoms with Crippen LogP contribution >= 0.6 is 0 Å². The third-order valence-corrected chi connectivity index (χ3v) is 6.64. The van der Waals surface area contributed by atoms with Crippen LogP contribution in [0.1, 0.15) is 19.4 Å². The van der Waals surface area contributed by atoms with E-state index in [1.54, 1.807) is 0 Å². The predicted octanol–water partition coefficient (Wildman–Crippen LogP) is 4.81. The fourth-order valence-electron chi connectivity index (χ4n) is 4.35. The quantitative estimate of drug-likeness (QED) is 0.133. The van der Waals surface area contributed by atoms with Gasteiger partial charge in [-0.25, -0.2) is 8.42 Å². The molecule has 9 heteroatoms. The second-order valence-electron chi connectivity index (χ2n) is 8.71. The van der Waals surface area contributed by atoms with E-state index in [1.165, 1.54) is 17.0 Å². The lowest BCUT2D eigenvalue weighted by atomic mass is 9.82. The van der Waals surface area contributed by atoms with Crippen molar-refractivity contribution in [3.8, 4) is 0 Å². The molecule has 35 heavy (non-hydrogen) atoms. The summed E-state index contributed by atoms with van der Waals surface area (Å²) < 4.78 is 39.2. The number of anilines is 1. The molecule has 0 spiro atoms. The maximum Gasteiger partial charge on any atom is 0.217 e. The highest BCUT2D eigenvalue weighted by atomic mass is 32.3. The van der Waals surface area contributed by atoms with Crippen LogP contribution in [0.2, 0.25) is 0 Å². The molecule has 1 aliphatic rings. The van der Waals surface area contributed by atoms with Crippen LogP contribution in [0.5, 0.6) is 0 Å². The second-order valence-corrected chi connectivity index (χ2v) is 9.86. The number of para-hydroxylation sites is 2. The Kier molecular flexibility index (Phi) is 6.50. The number of rotatable bonds is 4. The molecule has 8 nitrogen and oxygen atoms in total. The first-order valence-electron chi connectivity index (χ1n) is 10.9. The Balaban J connectivity index is 0.000000431. The fourth-order valence-corrected chi connectivity index (χ4v) is 4.35. The summed E-state index contributed by atoms with van der Waals surface area (Å²) >= 11 is 0. The second kappa shape index (κ2) is 9.26. The number of fused-ring (bicyclic) bond motifs is 4. The predicted molar refractivity (Wildman–Crippen MR) is 138 cm³/mol. The molecule has 4 aromatic rings. The van der Waals surface area contributed by atoms with Gasteiger partial charge in [-0.3, -0.25) is 9.19 Å². The van der Waals surface area contributed by atoms with Crippen molar-refractivity contribution in [2.24, 2.45) is 5.10 Å². The number of hydrogen-bond acceptors (Lipinski definition) is 7. The average molecular weight is 494 g/mol. The molecular weight excluding hydrogens is 466 g/mol. The third-order valence-electron chi connectivity index (χ3n) is 6.23. The summed E-state index contributed by atoms with van der Waals surface area (Å²) in [5.41, 5.74) is 6.51. The molecule has 0 aliphatic carbocycles. The van der Waals surface area contributed by atoms with Crippen LogP contribution < -0.4 is 5.01 Å². The summed E-state index contributed by atoms with van der Waals surface area (Å²) in [6, 6.07) is 22.9. The molecule has 0 atom stereocenters. The minimum Gasteiger partial charge on any atom is -0.726 e. The maximum absolute atomic E-state index is 9.22. The molecule has 0 N–H and O–H groups in total. The highest BCUT2D eigenvalue weighted by Gasteiger charge is 2.43. The van der Waals surface area contributed by atoms with Crippen LogP contribution in [0.25, 0.3) is 21.9 Å². The van der Waals surface area contributed by atoms with E-state index in [1.807, 2.05) is 48.6 Å². The summed E-state index contributed by atoms with van der Waals surface area (Å²) in [6.07, 6.45) is 1.98. The van der Waals surface area contributed by atoms with E-state index in [4.69, 9.17) is 9.52 Å². The first-order chi connectivity index (χ1) is 16.5. The van der Waals surface area contributed by atoms with Gasteiger partial charge in [0.25, 0.3) is 0 Å². The highest BCUT2D eigenvalue weighted by molar-refractivity contribution is 7.80. The van der Waals surface area contributed by atoms with E-state index in [0.29, 0.717) is 0 Å². The smallest absolute Gasteiger partial charge is 0.217 e. The molecule has 0 radical (unpaired) electrons. The van der Waals surface area contributed by atoms with Crippen LogP contribution in [0, 0.1) is 0 Å². The van der Waals surface area contributed by atoms with E-state index in [0.717, 1.165) is 34.7 Å². The first-order valence-corrected chi connectivity index (χ1v) is 12.3. The van der Waals surface area contributed by atoms with Crippen molar-refractivity contribution in [3.05, 3.63) is 72.3 Å². The van der Waals surface area contributed by atoms with Gasteiger partial charge in [0.15, 0.2) is 0 Å². The van der Waals surface area contributed by atoms with Gasteiger partial charge in [-0.1, -0.05) is 36.4 Å². The van der Waals surface area contributed by atoms with Crippen LogP contribution in [0.4, 0.5) is 11.4 Å². The molecule has 1 aromatic heterocycles. The Morgan fingerprint density at radius 1 is 1.03 bits per heavy atom. The Labute approximate surface area is 204 Å². The zero-order valence-electron chi connectivity index (χ0n) is 20.2. The molecular formula is C26H27N3O5S. The molecule has 5 rings (SSSR count). The normalized spacial score (nSPS) is 14.9. The molecule has 0 saturated carbocycles. The number of furan rings is 1. The number of hydrazone groups is 1. The maximum atomic E-state index is 9.22. The SMILES string of the molecule is CN(N=CC1=[N+](C)c2ccccc2C1(C)C)c1ccc2oc3ccccc3c2c1.COS(=O)(=O)[O-]. The van der Waals surface area contributed by atoms with Crippen molar-refractivity contribution in [2.75, 3.05) is 26.2 Å². The van der Waals surface area contributed by atoms with Gasteiger partial charge < -0.3 is 8.97 Å². The van der Waals surface area contributed by atoms with Crippen molar-refractivity contribution < 1.29 is 26.1 Å². The zero-order chi connectivity index (χ0) is 25.4. The highest BCUT2D eigenvalue weighted by Crippen LogP contribution is 2.38. The van der Waals surface area contributed by atoms with E-state index >= 15 is 0 Å². The Morgan fingerprint density at radius 3 is 2.34 bits per heavy atom. The molecule has 182 valence electrons. The van der Waals surface area contributed by atoms with Crippen LogP contribution in [-0.4, -0.2) is 50.7 Å². The van der Waals surface area contributed by atoms with Crippen molar-refractivity contribution in [1.82, 2.24) is 0 Å². The van der Waals surface area contributed by atoms with Gasteiger partial charge in [-0.05, 0) is 38.1 Å². The molecule has 0 fully saturated rings. The van der Waals surface area contributed by atoms with E-state index in [9.17, 15) is 13.0 Å². The lowest BCUT2D eigenvalue weighted by molar-refractivity contribution is -0.400. The average Bonchev–Trinajstić information content (AvgIpc) is 3.30. The summed E-state index contributed by atoms with van der Waals surface area (Å²) in [7, 11) is 0.487. The lowest BCUT2D eigenvalue weighted by Crippen LogP contribution is -2.30. The van der Waals surface area contributed by atoms with E-state index < -0.39 is 10.4 Å². The van der Waals surface area contributed by atoms with Crippen LogP contribution in [0.3, 0.4) is 0 Å². The minimum absolute atomic E-state index is 0.0829. The molecule has 0 amide bonds. The van der Waals surface area contributed by atoms with Gasteiger partial charge >= 0.3 is 0 Å². The lowest BCUT2D eigenvalue weighted by Gasteiger charge is -2.16. The number of nitrogens with zero attached hydrogens (tertiary/aromatic N) is 3.